The van der Waals surface area contributed by atoms with E-state index in [1.54, 1.807) is 4.68 Å². The van der Waals surface area contributed by atoms with Gasteiger partial charge in [0.1, 0.15) is 0 Å². The second-order valence-corrected chi connectivity index (χ2v) is 3.57. The van der Waals surface area contributed by atoms with Gasteiger partial charge < -0.3 is 11.1 Å². The summed E-state index contributed by atoms with van der Waals surface area (Å²) in [5.41, 5.74) is 6.34. The average Bonchev–Trinajstić information content (AvgIpc) is 2.72. The molecule has 6 nitrogen and oxygen atoms in total. The Hall–Kier alpha value is -1.43. The second-order valence-electron chi connectivity index (χ2n) is 3.57. The molecule has 0 spiro atoms. The van der Waals surface area contributed by atoms with Gasteiger partial charge in [0, 0.05) is 19.2 Å². The minimum atomic E-state index is 0.0431. The van der Waals surface area contributed by atoms with E-state index in [1.165, 1.54) is 0 Å². The third kappa shape index (κ3) is 4.39. The van der Waals surface area contributed by atoms with Crippen LogP contribution in [0, 0.1) is 0 Å². The van der Waals surface area contributed by atoms with Gasteiger partial charge in [-0.05, 0) is 26.3 Å². The highest BCUT2D eigenvalue weighted by Crippen LogP contribution is 1.98. The summed E-state index contributed by atoms with van der Waals surface area (Å²) < 4.78 is 1.70. The molecule has 0 saturated carbocycles. The summed E-state index contributed by atoms with van der Waals surface area (Å²) in [7, 11) is 0. The minimum Gasteiger partial charge on any atom is -0.356 e. The minimum absolute atomic E-state index is 0.0431. The predicted octanol–water partition coefficient (Wildman–Crippen LogP) is -0.304. The molecule has 0 saturated heterocycles. The first-order valence-corrected chi connectivity index (χ1v) is 5.62. The van der Waals surface area contributed by atoms with Crippen LogP contribution >= 0.6 is 0 Å². The summed E-state index contributed by atoms with van der Waals surface area (Å²) in [5.74, 6) is 0.0431. The first kappa shape index (κ1) is 12.6. The first-order valence-electron chi connectivity index (χ1n) is 5.62. The fourth-order valence-electron chi connectivity index (χ4n) is 1.35. The van der Waals surface area contributed by atoms with Gasteiger partial charge in [0.2, 0.25) is 5.91 Å². The molecule has 0 unspecified atom stereocenters. The fourth-order valence-corrected chi connectivity index (χ4v) is 1.35. The lowest BCUT2D eigenvalue weighted by Gasteiger charge is -2.01. The molecule has 16 heavy (non-hydrogen) atoms. The quantitative estimate of drug-likeness (QED) is 0.667. The molecular formula is C10H19N5O. The van der Waals surface area contributed by atoms with Gasteiger partial charge in [-0.3, -0.25) is 9.48 Å². The molecule has 0 aliphatic heterocycles. The Morgan fingerprint density at radius 2 is 2.44 bits per heavy atom. The van der Waals surface area contributed by atoms with Gasteiger partial charge in [0.05, 0.1) is 12.2 Å². The first-order chi connectivity index (χ1) is 7.76. The van der Waals surface area contributed by atoms with E-state index in [4.69, 9.17) is 5.73 Å². The van der Waals surface area contributed by atoms with Crippen LogP contribution in [0.4, 0.5) is 0 Å². The van der Waals surface area contributed by atoms with E-state index in [0.29, 0.717) is 26.1 Å². The molecule has 1 aromatic rings. The summed E-state index contributed by atoms with van der Waals surface area (Å²) in [6.45, 7) is 3.80. The second kappa shape index (κ2) is 6.95. The summed E-state index contributed by atoms with van der Waals surface area (Å²) in [5, 5.41) is 10.7. The zero-order chi connectivity index (χ0) is 11.8. The molecule has 1 amide bonds. The monoisotopic (exact) mass is 225 g/mol. The van der Waals surface area contributed by atoms with E-state index in [-0.39, 0.29) is 5.91 Å². The summed E-state index contributed by atoms with van der Waals surface area (Å²) >= 11 is 0. The van der Waals surface area contributed by atoms with Crippen LogP contribution in [0.15, 0.2) is 6.20 Å². The predicted molar refractivity (Wildman–Crippen MR) is 60.7 cm³/mol. The standard InChI is InChI=1S/C10H19N5O/c1-2-12-10(16)5-7-15-8-9(13-14-15)4-3-6-11/h8H,2-7,11H2,1H3,(H,12,16). The van der Waals surface area contributed by atoms with Crippen molar-refractivity contribution in [3.8, 4) is 0 Å². The van der Waals surface area contributed by atoms with Gasteiger partial charge in [-0.15, -0.1) is 5.10 Å². The van der Waals surface area contributed by atoms with Gasteiger partial charge >= 0.3 is 0 Å². The number of nitrogens with zero attached hydrogens (tertiary/aromatic N) is 3. The van der Waals surface area contributed by atoms with Crippen LogP contribution in [-0.4, -0.2) is 34.0 Å². The summed E-state index contributed by atoms with van der Waals surface area (Å²) in [6.07, 6.45) is 4.06. The van der Waals surface area contributed by atoms with Crippen molar-refractivity contribution in [2.24, 2.45) is 5.73 Å². The zero-order valence-electron chi connectivity index (χ0n) is 9.65. The van der Waals surface area contributed by atoms with Crippen molar-refractivity contribution < 1.29 is 4.79 Å². The van der Waals surface area contributed by atoms with Crippen molar-refractivity contribution in [1.29, 1.82) is 0 Å². The molecule has 1 aromatic heterocycles. The lowest BCUT2D eigenvalue weighted by atomic mass is 10.2. The van der Waals surface area contributed by atoms with Crippen LogP contribution in [0.5, 0.6) is 0 Å². The van der Waals surface area contributed by atoms with Crippen molar-refractivity contribution >= 4 is 5.91 Å². The van der Waals surface area contributed by atoms with E-state index in [9.17, 15) is 4.79 Å². The largest absolute Gasteiger partial charge is 0.356 e. The molecule has 1 heterocycles. The number of aryl methyl sites for hydroxylation is 2. The Bertz CT molecular complexity index is 323. The molecule has 0 aromatic carbocycles. The van der Waals surface area contributed by atoms with Crippen LogP contribution in [0.3, 0.4) is 0 Å². The number of rotatable bonds is 7. The Labute approximate surface area is 95.2 Å². The molecule has 3 N–H and O–H groups in total. The maximum absolute atomic E-state index is 11.2. The highest BCUT2D eigenvalue weighted by atomic mass is 16.1. The Morgan fingerprint density at radius 1 is 1.62 bits per heavy atom. The Kier molecular flexibility index (Phi) is 5.49. The number of amides is 1. The number of carbonyl (C=O) groups excluding carboxylic acids is 1. The molecule has 0 fully saturated rings. The van der Waals surface area contributed by atoms with Crippen LogP contribution < -0.4 is 11.1 Å². The average molecular weight is 225 g/mol. The smallest absolute Gasteiger partial charge is 0.221 e. The molecule has 0 radical (unpaired) electrons. The molecule has 0 aliphatic rings. The number of hydrogen-bond acceptors (Lipinski definition) is 4. The molecule has 1 rings (SSSR count). The number of aromatic nitrogens is 3. The molecule has 0 aliphatic carbocycles. The number of carbonyl (C=O) groups is 1. The number of hydrogen-bond donors (Lipinski definition) is 2. The zero-order valence-corrected chi connectivity index (χ0v) is 9.65. The van der Waals surface area contributed by atoms with E-state index >= 15 is 0 Å². The van der Waals surface area contributed by atoms with Gasteiger partial charge in [-0.2, -0.15) is 0 Å². The van der Waals surface area contributed by atoms with Crippen molar-refractivity contribution in [1.82, 2.24) is 20.3 Å². The Morgan fingerprint density at radius 3 is 3.12 bits per heavy atom. The van der Waals surface area contributed by atoms with Gasteiger partial charge in [0.25, 0.3) is 0 Å². The molecule has 6 heteroatoms. The van der Waals surface area contributed by atoms with E-state index in [0.717, 1.165) is 18.5 Å². The third-order valence-electron chi connectivity index (χ3n) is 2.17. The SMILES string of the molecule is CCNC(=O)CCn1cc(CCCN)nn1. The van der Waals surface area contributed by atoms with Gasteiger partial charge in [-0.1, -0.05) is 5.21 Å². The van der Waals surface area contributed by atoms with Crippen molar-refractivity contribution in [3.63, 3.8) is 0 Å². The van der Waals surface area contributed by atoms with E-state index < -0.39 is 0 Å². The van der Waals surface area contributed by atoms with Crippen LogP contribution in [-0.2, 0) is 17.8 Å². The van der Waals surface area contributed by atoms with Gasteiger partial charge in [-0.25, -0.2) is 0 Å². The van der Waals surface area contributed by atoms with Crippen LogP contribution in [0.2, 0.25) is 0 Å². The van der Waals surface area contributed by atoms with Crippen LogP contribution in [0.25, 0.3) is 0 Å². The maximum atomic E-state index is 11.2. The molecule has 0 bridgehead atoms. The highest BCUT2D eigenvalue weighted by Gasteiger charge is 2.03. The van der Waals surface area contributed by atoms with Crippen molar-refractivity contribution in [2.75, 3.05) is 13.1 Å². The lowest BCUT2D eigenvalue weighted by molar-refractivity contribution is -0.121. The van der Waals surface area contributed by atoms with E-state index in [1.807, 2.05) is 13.1 Å². The van der Waals surface area contributed by atoms with Gasteiger partial charge in [0.15, 0.2) is 0 Å². The molecular weight excluding hydrogens is 206 g/mol. The number of nitrogens with one attached hydrogen (secondary N) is 1. The summed E-state index contributed by atoms with van der Waals surface area (Å²) in [4.78, 5) is 11.2. The fraction of sp³-hybridized carbons (Fsp3) is 0.700. The molecule has 0 atom stereocenters. The van der Waals surface area contributed by atoms with Crippen molar-refractivity contribution in [3.05, 3.63) is 11.9 Å². The normalized spacial score (nSPS) is 10.4. The number of nitrogens with two attached hydrogens (primary N) is 1. The third-order valence-corrected chi connectivity index (χ3v) is 2.17. The Balaban J connectivity index is 2.31. The highest BCUT2D eigenvalue weighted by molar-refractivity contribution is 5.75. The van der Waals surface area contributed by atoms with Crippen molar-refractivity contribution in [2.45, 2.75) is 32.7 Å². The lowest BCUT2D eigenvalue weighted by Crippen LogP contribution is -2.23. The molecule has 90 valence electrons. The maximum Gasteiger partial charge on any atom is 0.221 e. The van der Waals surface area contributed by atoms with Crippen LogP contribution in [0.1, 0.15) is 25.5 Å². The van der Waals surface area contributed by atoms with E-state index in [2.05, 4.69) is 15.6 Å². The topological polar surface area (TPSA) is 85.8 Å². The summed E-state index contributed by atoms with van der Waals surface area (Å²) in [6, 6.07) is 0.